The zero-order valence-electron chi connectivity index (χ0n) is 12.8. The maximum atomic E-state index is 12.8. The molecular weight excluding hydrogens is 355 g/mol. The summed E-state index contributed by atoms with van der Waals surface area (Å²) in [6.45, 7) is 2.45. The molecule has 0 amide bonds. The van der Waals surface area contributed by atoms with Crippen LogP contribution in [0, 0.1) is 0 Å². The number of rotatable bonds is 3. The normalized spacial score (nSPS) is 24.0. The van der Waals surface area contributed by atoms with Crippen LogP contribution in [0.15, 0.2) is 35.2 Å². The number of halogens is 2. The second-order valence-corrected chi connectivity index (χ2v) is 8.61. The summed E-state index contributed by atoms with van der Waals surface area (Å²) in [7, 11) is -3.60. The first-order chi connectivity index (χ1) is 11.0. The summed E-state index contributed by atoms with van der Waals surface area (Å²) in [5.74, 6) is 0. The first-order valence-corrected chi connectivity index (χ1v) is 10.0. The smallest absolute Gasteiger partial charge is 0.244 e. The number of hydrogen-bond donors (Lipinski definition) is 0. The van der Waals surface area contributed by atoms with Crippen LogP contribution in [0.3, 0.4) is 0 Å². The molecule has 1 aromatic rings. The molecule has 23 heavy (non-hydrogen) atoms. The van der Waals surface area contributed by atoms with Crippen molar-refractivity contribution in [2.24, 2.45) is 0 Å². The fraction of sp³-hybridized carbons (Fsp3) is 0.500. The second-order valence-electron chi connectivity index (χ2n) is 5.92. The zero-order valence-corrected chi connectivity index (χ0v) is 15.1. The van der Waals surface area contributed by atoms with Crippen LogP contribution in [0.25, 0.3) is 0 Å². The Bertz CT molecular complexity index is 698. The molecule has 4 nitrogen and oxygen atoms in total. The van der Waals surface area contributed by atoms with Crippen LogP contribution in [-0.4, -0.2) is 49.8 Å². The van der Waals surface area contributed by atoms with E-state index in [1.165, 1.54) is 16.8 Å². The third kappa shape index (κ3) is 3.59. The van der Waals surface area contributed by atoms with E-state index in [1.54, 1.807) is 12.1 Å². The van der Waals surface area contributed by atoms with Gasteiger partial charge in [0.1, 0.15) is 4.90 Å². The molecule has 1 unspecified atom stereocenters. The predicted molar refractivity (Wildman–Crippen MR) is 93.6 cm³/mol. The molecule has 1 aliphatic heterocycles. The number of hydrogen-bond acceptors (Lipinski definition) is 3. The van der Waals surface area contributed by atoms with E-state index in [0.717, 1.165) is 25.9 Å². The van der Waals surface area contributed by atoms with Crippen LogP contribution in [0.4, 0.5) is 0 Å². The lowest BCUT2D eigenvalue weighted by Crippen LogP contribution is -2.51. The molecule has 0 aromatic heterocycles. The van der Waals surface area contributed by atoms with Crippen molar-refractivity contribution >= 4 is 33.2 Å². The van der Waals surface area contributed by atoms with Gasteiger partial charge in [0.2, 0.25) is 10.0 Å². The Labute approximate surface area is 147 Å². The van der Waals surface area contributed by atoms with E-state index in [2.05, 4.69) is 17.1 Å². The number of piperazine rings is 1. The largest absolute Gasteiger partial charge is 0.294 e. The third-order valence-corrected chi connectivity index (χ3v) is 7.38. The van der Waals surface area contributed by atoms with Crippen molar-refractivity contribution in [2.75, 3.05) is 26.2 Å². The van der Waals surface area contributed by atoms with Gasteiger partial charge < -0.3 is 0 Å². The van der Waals surface area contributed by atoms with Crippen LogP contribution in [-0.2, 0) is 10.0 Å². The van der Waals surface area contributed by atoms with Crippen molar-refractivity contribution in [3.05, 3.63) is 40.4 Å². The molecule has 0 radical (unpaired) electrons. The summed E-state index contributed by atoms with van der Waals surface area (Å²) in [5.41, 5.74) is 0. The molecule has 2 aliphatic rings. The molecule has 1 atom stereocenters. The van der Waals surface area contributed by atoms with Crippen molar-refractivity contribution in [1.29, 1.82) is 0 Å². The highest BCUT2D eigenvalue weighted by atomic mass is 35.5. The standard InChI is InChI=1S/C16H20Cl2N2O2S/c17-14-7-4-8-15(16(14)18)23(21,22)20-11-9-19(10-12-20)13-5-2-1-3-6-13/h2,4-5,7-8,13H,1,3,6,9-12H2. The molecule has 0 saturated carbocycles. The first kappa shape index (κ1) is 17.2. The molecule has 1 aromatic carbocycles. The van der Waals surface area contributed by atoms with E-state index in [9.17, 15) is 8.42 Å². The fourth-order valence-corrected chi connectivity index (χ4v) is 5.35. The van der Waals surface area contributed by atoms with Crippen LogP contribution in [0.2, 0.25) is 10.0 Å². The average Bonchev–Trinajstić information content (AvgIpc) is 2.58. The van der Waals surface area contributed by atoms with Crippen LogP contribution in [0.5, 0.6) is 0 Å². The molecule has 7 heteroatoms. The Hall–Kier alpha value is -0.590. The molecule has 0 N–H and O–H groups in total. The monoisotopic (exact) mass is 374 g/mol. The summed E-state index contributed by atoms with van der Waals surface area (Å²) in [6.07, 6.45) is 7.99. The lowest BCUT2D eigenvalue weighted by Gasteiger charge is -2.38. The van der Waals surface area contributed by atoms with Gasteiger partial charge in [-0.1, -0.05) is 41.4 Å². The Balaban J connectivity index is 1.72. The van der Waals surface area contributed by atoms with Crippen molar-refractivity contribution in [2.45, 2.75) is 30.2 Å². The van der Waals surface area contributed by atoms with E-state index in [4.69, 9.17) is 23.2 Å². The number of allylic oxidation sites excluding steroid dienone is 1. The average molecular weight is 375 g/mol. The van der Waals surface area contributed by atoms with Gasteiger partial charge in [-0.3, -0.25) is 4.90 Å². The summed E-state index contributed by atoms with van der Waals surface area (Å²) in [5, 5.41) is 0.366. The van der Waals surface area contributed by atoms with Gasteiger partial charge >= 0.3 is 0 Å². The van der Waals surface area contributed by atoms with Gasteiger partial charge in [0.25, 0.3) is 0 Å². The molecule has 3 rings (SSSR count). The second kappa shape index (κ2) is 7.11. The predicted octanol–water partition coefficient (Wildman–Crippen LogP) is 3.41. The van der Waals surface area contributed by atoms with Gasteiger partial charge in [0, 0.05) is 32.2 Å². The van der Waals surface area contributed by atoms with E-state index < -0.39 is 10.0 Å². The lowest BCUT2D eigenvalue weighted by molar-refractivity contribution is 0.150. The van der Waals surface area contributed by atoms with Crippen LogP contribution < -0.4 is 0 Å². The summed E-state index contributed by atoms with van der Waals surface area (Å²) < 4.78 is 27.1. The molecule has 1 fully saturated rings. The summed E-state index contributed by atoms with van der Waals surface area (Å²) >= 11 is 12.0. The molecule has 0 bridgehead atoms. The minimum atomic E-state index is -3.60. The highest BCUT2D eigenvalue weighted by Gasteiger charge is 2.32. The molecule has 126 valence electrons. The minimum absolute atomic E-state index is 0.0951. The molecule has 1 heterocycles. The van der Waals surface area contributed by atoms with Gasteiger partial charge in [-0.2, -0.15) is 4.31 Å². The molecule has 1 saturated heterocycles. The Kier molecular flexibility index (Phi) is 5.33. The quantitative estimate of drug-likeness (QED) is 0.761. The summed E-state index contributed by atoms with van der Waals surface area (Å²) in [4.78, 5) is 2.46. The van der Waals surface area contributed by atoms with Crippen molar-refractivity contribution in [1.82, 2.24) is 9.21 Å². The third-order valence-electron chi connectivity index (χ3n) is 4.51. The van der Waals surface area contributed by atoms with Gasteiger partial charge in [0.05, 0.1) is 10.0 Å². The van der Waals surface area contributed by atoms with Crippen LogP contribution >= 0.6 is 23.2 Å². The van der Waals surface area contributed by atoms with Crippen molar-refractivity contribution in [3.8, 4) is 0 Å². The van der Waals surface area contributed by atoms with Gasteiger partial charge in [-0.25, -0.2) is 8.42 Å². The highest BCUT2D eigenvalue weighted by molar-refractivity contribution is 7.89. The zero-order chi connectivity index (χ0) is 16.4. The maximum absolute atomic E-state index is 12.8. The van der Waals surface area contributed by atoms with E-state index in [-0.39, 0.29) is 14.9 Å². The Morgan fingerprint density at radius 2 is 1.83 bits per heavy atom. The lowest BCUT2D eigenvalue weighted by atomic mass is 10.0. The first-order valence-electron chi connectivity index (χ1n) is 7.85. The number of benzene rings is 1. The van der Waals surface area contributed by atoms with Gasteiger partial charge in [-0.05, 0) is 31.4 Å². The minimum Gasteiger partial charge on any atom is -0.294 e. The fourth-order valence-electron chi connectivity index (χ4n) is 3.20. The Morgan fingerprint density at radius 1 is 1.09 bits per heavy atom. The topological polar surface area (TPSA) is 40.6 Å². The number of nitrogens with zero attached hydrogens (tertiary/aromatic N) is 2. The van der Waals surface area contributed by atoms with Gasteiger partial charge in [-0.15, -0.1) is 0 Å². The van der Waals surface area contributed by atoms with Gasteiger partial charge in [0.15, 0.2) is 0 Å². The van der Waals surface area contributed by atoms with E-state index in [1.807, 2.05) is 0 Å². The SMILES string of the molecule is O=S(=O)(c1cccc(Cl)c1Cl)N1CCN(C2C=CCCC2)CC1. The number of sulfonamides is 1. The Morgan fingerprint density at radius 3 is 2.48 bits per heavy atom. The van der Waals surface area contributed by atoms with E-state index >= 15 is 0 Å². The van der Waals surface area contributed by atoms with Crippen molar-refractivity contribution in [3.63, 3.8) is 0 Å². The molecular formula is C16H20Cl2N2O2S. The molecule has 0 spiro atoms. The highest BCUT2D eigenvalue weighted by Crippen LogP contribution is 2.31. The summed E-state index contributed by atoms with van der Waals surface area (Å²) in [6, 6.07) is 5.17. The van der Waals surface area contributed by atoms with Crippen LogP contribution in [0.1, 0.15) is 19.3 Å². The van der Waals surface area contributed by atoms with E-state index in [0.29, 0.717) is 19.1 Å². The molecule has 1 aliphatic carbocycles. The van der Waals surface area contributed by atoms with Crippen molar-refractivity contribution < 1.29 is 8.42 Å². The maximum Gasteiger partial charge on any atom is 0.244 e.